The molecule has 4 aromatic rings. The fourth-order valence-electron chi connectivity index (χ4n) is 4.35. The molecule has 0 spiro atoms. The maximum absolute atomic E-state index is 14.0. The molecule has 1 aromatic heterocycles. The molecule has 0 fully saturated rings. The molecule has 2 heterocycles. The van der Waals surface area contributed by atoms with Crippen LogP contribution in [0.3, 0.4) is 0 Å². The van der Waals surface area contributed by atoms with E-state index in [0.717, 1.165) is 6.07 Å². The van der Waals surface area contributed by atoms with E-state index in [1.165, 1.54) is 17.0 Å². The molecule has 1 atom stereocenters. The summed E-state index contributed by atoms with van der Waals surface area (Å²) in [6.45, 7) is 4.62. The van der Waals surface area contributed by atoms with Crippen LogP contribution in [-0.2, 0) is 0 Å². The van der Waals surface area contributed by atoms with E-state index in [0.29, 0.717) is 36.0 Å². The van der Waals surface area contributed by atoms with Gasteiger partial charge in [-0.05, 0) is 61.9 Å². The lowest BCUT2D eigenvalue weighted by Crippen LogP contribution is -2.29. The maximum atomic E-state index is 14.0. The van der Waals surface area contributed by atoms with Crippen LogP contribution in [0, 0.1) is 5.82 Å². The Morgan fingerprint density at radius 2 is 1.65 bits per heavy atom. The number of rotatable bonds is 6. The Labute approximate surface area is 195 Å². The normalized spacial score (nSPS) is 15.0. The molecule has 0 N–H and O–H groups in total. The second-order valence-electron chi connectivity index (χ2n) is 7.80. The minimum absolute atomic E-state index is 0.0511. The van der Waals surface area contributed by atoms with E-state index in [9.17, 15) is 14.0 Å². The minimum Gasteiger partial charge on any atom is -0.490 e. The Morgan fingerprint density at radius 3 is 2.38 bits per heavy atom. The average molecular weight is 459 g/mol. The molecule has 0 saturated carbocycles. The molecule has 172 valence electrons. The first-order valence-corrected chi connectivity index (χ1v) is 11.1. The van der Waals surface area contributed by atoms with Crippen molar-refractivity contribution in [3.8, 4) is 11.5 Å². The Hall–Kier alpha value is -4.13. The van der Waals surface area contributed by atoms with Crippen LogP contribution in [0.15, 0.2) is 75.9 Å². The number of hydrogen-bond donors (Lipinski definition) is 0. The largest absolute Gasteiger partial charge is 0.490 e. The van der Waals surface area contributed by atoms with E-state index in [-0.39, 0.29) is 22.3 Å². The summed E-state index contributed by atoms with van der Waals surface area (Å²) in [5.74, 6) is 0.0231. The average Bonchev–Trinajstić information content (AvgIpc) is 3.14. The number of carbonyl (C=O) groups is 1. The highest BCUT2D eigenvalue weighted by Gasteiger charge is 2.44. The maximum Gasteiger partial charge on any atom is 0.295 e. The lowest BCUT2D eigenvalue weighted by atomic mass is 9.97. The van der Waals surface area contributed by atoms with Gasteiger partial charge in [-0.15, -0.1) is 0 Å². The van der Waals surface area contributed by atoms with E-state index >= 15 is 0 Å². The second-order valence-corrected chi connectivity index (χ2v) is 7.80. The van der Waals surface area contributed by atoms with E-state index < -0.39 is 23.2 Å². The van der Waals surface area contributed by atoms with Crippen LogP contribution < -0.4 is 19.8 Å². The molecule has 0 saturated heterocycles. The first-order valence-electron chi connectivity index (χ1n) is 11.1. The molecule has 0 aliphatic carbocycles. The van der Waals surface area contributed by atoms with Crippen LogP contribution in [0.5, 0.6) is 11.5 Å². The number of fused-ring (bicyclic) bond motifs is 2. The number of para-hydroxylation sites is 1. The zero-order chi connectivity index (χ0) is 23.8. The molecule has 1 aliphatic rings. The molecular formula is C27H22FNO5. The summed E-state index contributed by atoms with van der Waals surface area (Å²) in [5, 5.41) is 0.0856. The van der Waals surface area contributed by atoms with Crippen molar-refractivity contribution >= 4 is 22.6 Å². The van der Waals surface area contributed by atoms with Gasteiger partial charge in [-0.3, -0.25) is 14.5 Å². The van der Waals surface area contributed by atoms with Crippen molar-refractivity contribution in [1.29, 1.82) is 0 Å². The van der Waals surface area contributed by atoms with Gasteiger partial charge in [0.1, 0.15) is 11.4 Å². The quantitative estimate of drug-likeness (QED) is 0.382. The molecule has 1 amide bonds. The highest BCUT2D eigenvalue weighted by molar-refractivity contribution is 6.10. The van der Waals surface area contributed by atoms with Crippen molar-refractivity contribution in [1.82, 2.24) is 0 Å². The number of halogens is 1. The minimum atomic E-state index is -0.788. The molecule has 34 heavy (non-hydrogen) atoms. The van der Waals surface area contributed by atoms with Crippen LogP contribution in [0.4, 0.5) is 10.1 Å². The van der Waals surface area contributed by atoms with Crippen molar-refractivity contribution in [2.24, 2.45) is 0 Å². The predicted molar refractivity (Wildman–Crippen MR) is 126 cm³/mol. The van der Waals surface area contributed by atoms with Gasteiger partial charge in [0.25, 0.3) is 5.91 Å². The van der Waals surface area contributed by atoms with Crippen molar-refractivity contribution < 1.29 is 23.1 Å². The summed E-state index contributed by atoms with van der Waals surface area (Å²) in [4.78, 5) is 28.7. The summed E-state index contributed by atoms with van der Waals surface area (Å²) in [5.41, 5.74) is 1.13. The summed E-state index contributed by atoms with van der Waals surface area (Å²) >= 11 is 0. The van der Waals surface area contributed by atoms with Crippen LogP contribution in [0.1, 0.15) is 41.6 Å². The van der Waals surface area contributed by atoms with Gasteiger partial charge >= 0.3 is 0 Å². The lowest BCUT2D eigenvalue weighted by Gasteiger charge is -2.26. The van der Waals surface area contributed by atoms with Gasteiger partial charge in [-0.2, -0.15) is 0 Å². The van der Waals surface area contributed by atoms with Gasteiger partial charge in [-0.25, -0.2) is 4.39 Å². The number of carbonyl (C=O) groups excluding carboxylic acids is 1. The van der Waals surface area contributed by atoms with Crippen molar-refractivity contribution in [2.45, 2.75) is 19.9 Å². The highest BCUT2D eigenvalue weighted by atomic mass is 19.1. The van der Waals surface area contributed by atoms with Crippen LogP contribution in [0.2, 0.25) is 0 Å². The van der Waals surface area contributed by atoms with Gasteiger partial charge < -0.3 is 13.9 Å². The molecule has 7 heteroatoms. The topological polar surface area (TPSA) is 69.0 Å². The monoisotopic (exact) mass is 459 g/mol. The standard InChI is InChI=1S/C27H22FNO5/c1-3-32-21-12-10-16(14-22(21)33-4-2)24-23-25(30)19-15-17(28)11-13-20(19)34-26(23)27(31)29(24)18-8-6-5-7-9-18/h5-15,24H,3-4H2,1-2H3. The molecule has 5 rings (SSSR count). The molecule has 1 aliphatic heterocycles. The third-order valence-corrected chi connectivity index (χ3v) is 5.75. The second kappa shape index (κ2) is 8.67. The molecule has 0 radical (unpaired) electrons. The van der Waals surface area contributed by atoms with E-state index in [4.69, 9.17) is 13.9 Å². The van der Waals surface area contributed by atoms with Crippen LogP contribution in [0.25, 0.3) is 11.0 Å². The Morgan fingerprint density at radius 1 is 0.912 bits per heavy atom. The molecule has 6 nitrogen and oxygen atoms in total. The van der Waals surface area contributed by atoms with E-state index in [2.05, 4.69) is 0 Å². The van der Waals surface area contributed by atoms with Gasteiger partial charge in [-0.1, -0.05) is 24.3 Å². The third kappa shape index (κ3) is 3.50. The Kier molecular flexibility index (Phi) is 5.53. The number of hydrogen-bond acceptors (Lipinski definition) is 5. The number of amides is 1. The summed E-state index contributed by atoms with van der Waals surface area (Å²) in [6.07, 6.45) is 0. The first-order chi connectivity index (χ1) is 16.5. The number of nitrogens with zero attached hydrogens (tertiary/aromatic N) is 1. The van der Waals surface area contributed by atoms with Crippen molar-refractivity contribution in [3.63, 3.8) is 0 Å². The van der Waals surface area contributed by atoms with Gasteiger partial charge in [0.05, 0.1) is 30.2 Å². The number of anilines is 1. The lowest BCUT2D eigenvalue weighted by molar-refractivity contribution is 0.0971. The van der Waals surface area contributed by atoms with Crippen molar-refractivity contribution in [3.05, 3.63) is 99.7 Å². The SMILES string of the molecule is CCOc1ccc(C2c3c(oc4ccc(F)cc4c3=O)C(=O)N2c2ccccc2)cc1OCC. The molecule has 3 aromatic carbocycles. The van der Waals surface area contributed by atoms with Crippen LogP contribution in [-0.4, -0.2) is 19.1 Å². The van der Waals surface area contributed by atoms with E-state index in [1.807, 2.05) is 32.0 Å². The predicted octanol–water partition coefficient (Wildman–Crippen LogP) is 5.48. The van der Waals surface area contributed by atoms with Crippen LogP contribution >= 0.6 is 0 Å². The third-order valence-electron chi connectivity index (χ3n) is 5.75. The van der Waals surface area contributed by atoms with Gasteiger partial charge in [0, 0.05) is 5.69 Å². The van der Waals surface area contributed by atoms with E-state index in [1.54, 1.807) is 30.3 Å². The number of benzene rings is 3. The number of ether oxygens (including phenoxy) is 2. The zero-order valence-corrected chi connectivity index (χ0v) is 18.7. The Balaban J connectivity index is 1.78. The molecule has 1 unspecified atom stereocenters. The smallest absolute Gasteiger partial charge is 0.295 e. The molecule has 0 bridgehead atoms. The Bertz CT molecular complexity index is 1450. The highest BCUT2D eigenvalue weighted by Crippen LogP contribution is 2.43. The molecular weight excluding hydrogens is 437 g/mol. The zero-order valence-electron chi connectivity index (χ0n) is 18.7. The van der Waals surface area contributed by atoms with Gasteiger partial charge in [0.15, 0.2) is 16.9 Å². The summed E-state index contributed by atoms with van der Waals surface area (Å²) in [7, 11) is 0. The summed E-state index contributed by atoms with van der Waals surface area (Å²) in [6, 6.07) is 17.3. The summed E-state index contributed by atoms with van der Waals surface area (Å²) < 4.78 is 31.3. The fourth-order valence-corrected chi connectivity index (χ4v) is 4.35. The van der Waals surface area contributed by atoms with Crippen molar-refractivity contribution in [2.75, 3.05) is 18.1 Å². The van der Waals surface area contributed by atoms with Gasteiger partial charge in [0.2, 0.25) is 5.76 Å². The first kappa shape index (κ1) is 21.7. The fraction of sp³-hybridized carbons (Fsp3) is 0.185.